The van der Waals surface area contributed by atoms with Gasteiger partial charge in [-0.15, -0.1) is 0 Å². The van der Waals surface area contributed by atoms with Crippen molar-refractivity contribution in [1.29, 1.82) is 0 Å². The van der Waals surface area contributed by atoms with Crippen molar-refractivity contribution in [3.63, 3.8) is 0 Å². The van der Waals surface area contributed by atoms with Crippen LogP contribution in [0.4, 0.5) is 17.1 Å². The Bertz CT molecular complexity index is 1040. The first-order valence-corrected chi connectivity index (χ1v) is 8.59. The molecule has 2 aromatic carbocycles. The summed E-state index contributed by atoms with van der Waals surface area (Å²) in [6.45, 7) is -0.191. The Hall–Kier alpha value is -4.00. The van der Waals surface area contributed by atoms with Crippen molar-refractivity contribution in [2.24, 2.45) is 0 Å². The first-order chi connectivity index (χ1) is 13.6. The second-order valence-electron chi connectivity index (χ2n) is 6.16. The number of nitrogens with zero attached hydrogens (tertiary/aromatic N) is 1. The Balaban J connectivity index is 1.64. The summed E-state index contributed by atoms with van der Waals surface area (Å²) in [6, 6.07) is 17.4. The van der Waals surface area contributed by atoms with E-state index in [9.17, 15) is 9.59 Å². The molecule has 140 valence electrons. The predicted molar refractivity (Wildman–Crippen MR) is 106 cm³/mol. The smallest absolute Gasteiger partial charge is 0.294 e. The van der Waals surface area contributed by atoms with Gasteiger partial charge in [0.1, 0.15) is 12.3 Å². The van der Waals surface area contributed by atoms with Crippen LogP contribution in [0.2, 0.25) is 0 Å². The van der Waals surface area contributed by atoms with Crippen molar-refractivity contribution >= 4 is 35.0 Å². The SMILES string of the molecule is Nc1ccc2c(c1)N(CC(=O)Nc1ccccc1)C(=O)/C(=C\c1ccco1)O2. The maximum atomic E-state index is 13.0. The fourth-order valence-electron chi connectivity index (χ4n) is 2.85. The topological polar surface area (TPSA) is 97.8 Å². The maximum Gasteiger partial charge on any atom is 0.294 e. The highest BCUT2D eigenvalue weighted by Crippen LogP contribution is 2.37. The van der Waals surface area contributed by atoms with Crippen molar-refractivity contribution in [1.82, 2.24) is 0 Å². The lowest BCUT2D eigenvalue weighted by molar-refractivity contribution is -0.121. The average Bonchev–Trinajstić information content (AvgIpc) is 3.19. The number of nitrogens with one attached hydrogen (secondary N) is 1. The van der Waals surface area contributed by atoms with Gasteiger partial charge in [-0.3, -0.25) is 14.5 Å². The summed E-state index contributed by atoms with van der Waals surface area (Å²) in [5.74, 6) is 0.152. The molecule has 0 radical (unpaired) electrons. The Morgan fingerprint density at radius 3 is 2.68 bits per heavy atom. The third-order valence-electron chi connectivity index (χ3n) is 4.13. The van der Waals surface area contributed by atoms with E-state index in [2.05, 4.69) is 5.32 Å². The van der Waals surface area contributed by atoms with Gasteiger partial charge in [-0.25, -0.2) is 0 Å². The third-order valence-corrected chi connectivity index (χ3v) is 4.13. The number of anilines is 3. The molecule has 1 aliphatic heterocycles. The Kier molecular flexibility index (Phi) is 4.55. The molecule has 7 nitrogen and oxygen atoms in total. The Morgan fingerprint density at radius 1 is 1.11 bits per heavy atom. The van der Waals surface area contributed by atoms with Crippen LogP contribution in [0.3, 0.4) is 0 Å². The minimum absolute atomic E-state index is 0.0553. The van der Waals surface area contributed by atoms with Crippen LogP contribution in [-0.2, 0) is 9.59 Å². The lowest BCUT2D eigenvalue weighted by Crippen LogP contribution is -2.42. The molecule has 1 aromatic heterocycles. The summed E-state index contributed by atoms with van der Waals surface area (Å²) in [6.07, 6.45) is 2.99. The summed E-state index contributed by atoms with van der Waals surface area (Å²) < 4.78 is 11.0. The number of para-hydroxylation sites is 1. The van der Waals surface area contributed by atoms with E-state index in [0.717, 1.165) is 0 Å². The second-order valence-corrected chi connectivity index (χ2v) is 6.16. The Morgan fingerprint density at radius 2 is 1.93 bits per heavy atom. The van der Waals surface area contributed by atoms with E-state index in [4.69, 9.17) is 14.9 Å². The van der Waals surface area contributed by atoms with Crippen LogP contribution in [0, 0.1) is 0 Å². The number of benzene rings is 2. The lowest BCUT2D eigenvalue weighted by Gasteiger charge is -2.30. The van der Waals surface area contributed by atoms with Crippen LogP contribution in [0.15, 0.2) is 77.1 Å². The Labute approximate surface area is 161 Å². The van der Waals surface area contributed by atoms with Crippen molar-refractivity contribution < 1.29 is 18.7 Å². The summed E-state index contributed by atoms with van der Waals surface area (Å²) in [4.78, 5) is 26.8. The van der Waals surface area contributed by atoms with Crippen molar-refractivity contribution in [3.05, 3.63) is 78.4 Å². The number of fused-ring (bicyclic) bond motifs is 1. The molecule has 0 bridgehead atoms. The molecule has 0 saturated heterocycles. The zero-order valence-corrected chi connectivity index (χ0v) is 14.8. The molecule has 3 N–H and O–H groups in total. The molecule has 2 heterocycles. The molecule has 28 heavy (non-hydrogen) atoms. The lowest BCUT2D eigenvalue weighted by atomic mass is 10.2. The monoisotopic (exact) mass is 375 g/mol. The molecule has 4 rings (SSSR count). The first-order valence-electron chi connectivity index (χ1n) is 8.59. The number of furan rings is 1. The van der Waals surface area contributed by atoms with E-state index < -0.39 is 5.91 Å². The molecule has 0 spiro atoms. The summed E-state index contributed by atoms with van der Waals surface area (Å²) >= 11 is 0. The van der Waals surface area contributed by atoms with Gasteiger partial charge in [0.15, 0.2) is 11.5 Å². The number of hydrogen-bond donors (Lipinski definition) is 2. The minimum atomic E-state index is -0.460. The van der Waals surface area contributed by atoms with Gasteiger partial charge in [-0.05, 0) is 42.5 Å². The predicted octanol–water partition coefficient (Wildman–Crippen LogP) is 3.27. The summed E-state index contributed by atoms with van der Waals surface area (Å²) in [7, 11) is 0. The molecule has 0 atom stereocenters. The number of carbonyl (C=O) groups excluding carboxylic acids is 2. The number of nitrogens with two attached hydrogens (primary N) is 1. The number of rotatable bonds is 4. The summed E-state index contributed by atoms with van der Waals surface area (Å²) in [5, 5.41) is 2.77. The number of ether oxygens (including phenoxy) is 1. The number of carbonyl (C=O) groups is 2. The van der Waals surface area contributed by atoms with E-state index in [1.807, 2.05) is 18.2 Å². The minimum Gasteiger partial charge on any atom is -0.465 e. The molecule has 0 saturated carbocycles. The van der Waals surface area contributed by atoms with E-state index in [1.165, 1.54) is 17.2 Å². The van der Waals surface area contributed by atoms with Gasteiger partial charge in [-0.1, -0.05) is 18.2 Å². The van der Waals surface area contributed by atoms with Crippen molar-refractivity contribution in [2.75, 3.05) is 22.5 Å². The molecule has 0 aliphatic carbocycles. The largest absolute Gasteiger partial charge is 0.465 e. The van der Waals surface area contributed by atoms with Crippen LogP contribution in [0.25, 0.3) is 6.08 Å². The average molecular weight is 375 g/mol. The van der Waals surface area contributed by atoms with Crippen molar-refractivity contribution in [2.45, 2.75) is 0 Å². The quantitative estimate of drug-likeness (QED) is 0.539. The zero-order chi connectivity index (χ0) is 19.5. The molecule has 2 amide bonds. The van der Waals surface area contributed by atoms with E-state index in [-0.39, 0.29) is 18.2 Å². The van der Waals surface area contributed by atoms with Gasteiger partial charge >= 0.3 is 0 Å². The second kappa shape index (κ2) is 7.32. The van der Waals surface area contributed by atoms with Crippen LogP contribution >= 0.6 is 0 Å². The van der Waals surface area contributed by atoms with Crippen LogP contribution < -0.4 is 20.7 Å². The van der Waals surface area contributed by atoms with Gasteiger partial charge in [0.25, 0.3) is 5.91 Å². The van der Waals surface area contributed by atoms with Crippen LogP contribution in [0.1, 0.15) is 5.76 Å². The van der Waals surface area contributed by atoms with Crippen LogP contribution in [0.5, 0.6) is 5.75 Å². The standard InChI is InChI=1S/C21H17N3O4/c22-14-8-9-18-17(11-14)24(13-20(25)23-15-5-2-1-3-6-15)21(26)19(28-18)12-16-7-4-10-27-16/h1-12H,13,22H2,(H,23,25)/b19-12+. The fourth-order valence-corrected chi connectivity index (χ4v) is 2.85. The third kappa shape index (κ3) is 3.59. The van der Waals surface area contributed by atoms with Crippen molar-refractivity contribution in [3.8, 4) is 5.75 Å². The normalized spacial score (nSPS) is 14.5. The molecule has 7 heteroatoms. The van der Waals surface area contributed by atoms with E-state index in [0.29, 0.717) is 28.6 Å². The molecule has 0 unspecified atom stereocenters. The van der Waals surface area contributed by atoms with Gasteiger partial charge in [0.05, 0.1) is 12.0 Å². The molecular formula is C21H17N3O4. The molecular weight excluding hydrogens is 358 g/mol. The molecule has 1 aliphatic rings. The zero-order valence-electron chi connectivity index (χ0n) is 14.8. The fraction of sp³-hybridized carbons (Fsp3) is 0.0476. The summed E-state index contributed by atoms with van der Waals surface area (Å²) in [5.41, 5.74) is 7.41. The first kappa shape index (κ1) is 17.4. The highest BCUT2D eigenvalue weighted by Gasteiger charge is 2.32. The highest BCUT2D eigenvalue weighted by atomic mass is 16.5. The van der Waals surface area contributed by atoms with E-state index in [1.54, 1.807) is 42.5 Å². The van der Waals surface area contributed by atoms with Gasteiger partial charge in [0, 0.05) is 17.5 Å². The molecule has 0 fully saturated rings. The maximum absolute atomic E-state index is 13.0. The highest BCUT2D eigenvalue weighted by molar-refractivity contribution is 6.13. The van der Waals surface area contributed by atoms with Gasteiger partial charge < -0.3 is 20.2 Å². The van der Waals surface area contributed by atoms with Gasteiger partial charge in [-0.2, -0.15) is 0 Å². The van der Waals surface area contributed by atoms with Gasteiger partial charge in [0.2, 0.25) is 5.91 Å². The molecule has 3 aromatic rings. The number of amides is 2. The number of hydrogen-bond acceptors (Lipinski definition) is 5. The van der Waals surface area contributed by atoms with Crippen LogP contribution in [-0.4, -0.2) is 18.4 Å². The number of nitrogen functional groups attached to an aromatic ring is 1. The van der Waals surface area contributed by atoms with E-state index >= 15 is 0 Å².